The molecule has 2 rings (SSSR count). The lowest BCUT2D eigenvalue weighted by atomic mass is 10.1. The number of halogens is 2. The molecule has 0 saturated carbocycles. The summed E-state index contributed by atoms with van der Waals surface area (Å²) in [7, 11) is 0. The predicted molar refractivity (Wildman–Crippen MR) is 62.3 cm³/mol. The van der Waals surface area contributed by atoms with E-state index < -0.39 is 30.9 Å². The largest absolute Gasteiger partial charge is 0.394 e. The second kappa shape index (κ2) is 5.02. The van der Waals surface area contributed by atoms with Crippen molar-refractivity contribution in [2.24, 2.45) is 0 Å². The summed E-state index contributed by atoms with van der Waals surface area (Å²) in [4.78, 5) is 12.6. The van der Waals surface area contributed by atoms with Crippen LogP contribution in [-0.2, 0) is 11.2 Å². The highest BCUT2D eigenvalue weighted by Gasteiger charge is 2.52. The molecule has 1 heterocycles. The molecule has 5 heteroatoms. The van der Waals surface area contributed by atoms with Gasteiger partial charge in [-0.2, -0.15) is 8.78 Å². The Morgan fingerprint density at radius 2 is 2.00 bits per heavy atom. The zero-order valence-corrected chi connectivity index (χ0v) is 9.85. The minimum Gasteiger partial charge on any atom is -0.394 e. The van der Waals surface area contributed by atoms with Crippen LogP contribution in [0.25, 0.3) is 0 Å². The van der Waals surface area contributed by atoms with Gasteiger partial charge in [0, 0.05) is 13.0 Å². The Bertz CT molecular complexity index is 422. The maximum absolute atomic E-state index is 13.2. The number of hydrogen-bond donors (Lipinski definition) is 1. The van der Waals surface area contributed by atoms with Gasteiger partial charge in [0.1, 0.15) is 0 Å². The molecule has 1 saturated heterocycles. The summed E-state index contributed by atoms with van der Waals surface area (Å²) >= 11 is 0. The highest BCUT2D eigenvalue weighted by Crippen LogP contribution is 2.33. The second-order valence-electron chi connectivity index (χ2n) is 4.48. The quantitative estimate of drug-likeness (QED) is 0.884. The summed E-state index contributed by atoms with van der Waals surface area (Å²) in [6.45, 7) is -0.209. The highest BCUT2D eigenvalue weighted by molar-refractivity contribution is 5.86. The van der Waals surface area contributed by atoms with E-state index in [1.807, 2.05) is 30.3 Å². The average molecular weight is 255 g/mol. The summed E-state index contributed by atoms with van der Waals surface area (Å²) in [6, 6.07) is 8.59. The fraction of sp³-hybridized carbons (Fsp3) is 0.462. The van der Waals surface area contributed by atoms with E-state index in [2.05, 4.69) is 0 Å². The number of aliphatic hydroxyl groups is 1. The third kappa shape index (κ3) is 2.51. The molecule has 1 atom stereocenters. The van der Waals surface area contributed by atoms with Gasteiger partial charge in [-0.05, 0) is 12.0 Å². The minimum absolute atomic E-state index is 0.212. The first-order chi connectivity index (χ1) is 8.54. The Morgan fingerprint density at radius 1 is 1.33 bits per heavy atom. The van der Waals surface area contributed by atoms with Crippen LogP contribution in [-0.4, -0.2) is 41.0 Å². The van der Waals surface area contributed by atoms with Crippen molar-refractivity contribution in [3.63, 3.8) is 0 Å². The van der Waals surface area contributed by atoms with Crippen molar-refractivity contribution in [1.29, 1.82) is 0 Å². The Kier molecular flexibility index (Phi) is 3.61. The molecular weight excluding hydrogens is 240 g/mol. The first-order valence-electron chi connectivity index (χ1n) is 5.88. The molecule has 1 fully saturated rings. The first-order valence-corrected chi connectivity index (χ1v) is 5.88. The van der Waals surface area contributed by atoms with Gasteiger partial charge in [-0.25, -0.2) is 0 Å². The third-order valence-electron chi connectivity index (χ3n) is 3.20. The van der Waals surface area contributed by atoms with Crippen LogP contribution in [0.1, 0.15) is 12.0 Å². The first kappa shape index (κ1) is 13.0. The number of alkyl halides is 2. The fourth-order valence-corrected chi connectivity index (χ4v) is 2.21. The Labute approximate surface area is 104 Å². The van der Waals surface area contributed by atoms with E-state index in [0.717, 1.165) is 10.5 Å². The van der Waals surface area contributed by atoms with Crippen LogP contribution in [0, 0.1) is 0 Å². The van der Waals surface area contributed by atoms with Gasteiger partial charge in [-0.3, -0.25) is 4.79 Å². The van der Waals surface area contributed by atoms with Crippen LogP contribution in [0.2, 0.25) is 0 Å². The Hall–Kier alpha value is -1.49. The number of amides is 1. The second-order valence-corrected chi connectivity index (χ2v) is 4.48. The zero-order chi connectivity index (χ0) is 13.2. The van der Waals surface area contributed by atoms with E-state index in [4.69, 9.17) is 5.11 Å². The molecule has 1 aromatic rings. The minimum atomic E-state index is -3.33. The monoisotopic (exact) mass is 255 g/mol. The van der Waals surface area contributed by atoms with E-state index in [1.165, 1.54) is 0 Å². The molecule has 0 bridgehead atoms. The van der Waals surface area contributed by atoms with Crippen molar-refractivity contribution >= 4 is 5.91 Å². The SMILES string of the molecule is O=C1N(CCc2ccccc2)[C@@H](CO)CC1(F)F. The summed E-state index contributed by atoms with van der Waals surface area (Å²) in [5.74, 6) is -4.50. The number of nitrogens with zero attached hydrogens (tertiary/aromatic N) is 1. The van der Waals surface area contributed by atoms with Crippen LogP contribution in [0.4, 0.5) is 8.78 Å². The molecular formula is C13H15F2NO2. The van der Waals surface area contributed by atoms with E-state index in [9.17, 15) is 13.6 Å². The van der Waals surface area contributed by atoms with Crippen molar-refractivity contribution in [2.75, 3.05) is 13.2 Å². The fourth-order valence-electron chi connectivity index (χ4n) is 2.21. The standard InChI is InChI=1S/C13H15F2NO2/c14-13(15)8-11(9-17)16(12(13)18)7-6-10-4-2-1-3-5-10/h1-5,11,17H,6-9H2/t11-/m1/s1. The van der Waals surface area contributed by atoms with Crippen LogP contribution in [0.3, 0.4) is 0 Å². The Balaban J connectivity index is 2.02. The van der Waals surface area contributed by atoms with Gasteiger partial charge in [0.2, 0.25) is 0 Å². The van der Waals surface area contributed by atoms with Crippen LogP contribution in [0.15, 0.2) is 30.3 Å². The molecule has 0 radical (unpaired) electrons. The van der Waals surface area contributed by atoms with Gasteiger partial charge in [-0.15, -0.1) is 0 Å². The maximum atomic E-state index is 13.2. The molecule has 3 nitrogen and oxygen atoms in total. The average Bonchev–Trinajstić information content (AvgIpc) is 2.59. The molecule has 0 aliphatic carbocycles. The summed E-state index contributed by atoms with van der Waals surface area (Å²) in [5.41, 5.74) is 0.984. The molecule has 1 amide bonds. The van der Waals surface area contributed by atoms with E-state index in [0.29, 0.717) is 6.42 Å². The van der Waals surface area contributed by atoms with Crippen molar-refractivity contribution in [2.45, 2.75) is 24.8 Å². The number of aliphatic hydroxyl groups excluding tert-OH is 1. The lowest BCUT2D eigenvalue weighted by molar-refractivity contribution is -0.148. The molecule has 1 aromatic carbocycles. The summed E-state index contributed by atoms with van der Waals surface area (Å²) in [6.07, 6.45) is -0.0731. The molecule has 1 aliphatic rings. The highest BCUT2D eigenvalue weighted by atomic mass is 19.3. The van der Waals surface area contributed by atoms with Crippen LogP contribution < -0.4 is 0 Å². The van der Waals surface area contributed by atoms with Gasteiger partial charge in [0.25, 0.3) is 5.91 Å². The smallest absolute Gasteiger partial charge is 0.326 e. The number of hydrogen-bond acceptors (Lipinski definition) is 2. The van der Waals surface area contributed by atoms with Gasteiger partial charge >= 0.3 is 5.92 Å². The van der Waals surface area contributed by atoms with Crippen molar-refractivity contribution in [3.8, 4) is 0 Å². The zero-order valence-electron chi connectivity index (χ0n) is 9.85. The topological polar surface area (TPSA) is 40.5 Å². The predicted octanol–water partition coefficient (Wildman–Crippen LogP) is 1.46. The maximum Gasteiger partial charge on any atom is 0.326 e. The molecule has 1 N–H and O–H groups in total. The summed E-state index contributed by atoms with van der Waals surface area (Å²) < 4.78 is 26.5. The molecule has 1 aliphatic heterocycles. The Morgan fingerprint density at radius 3 is 2.61 bits per heavy atom. The number of carbonyl (C=O) groups is 1. The molecule has 18 heavy (non-hydrogen) atoms. The molecule has 98 valence electrons. The number of rotatable bonds is 4. The molecule has 0 unspecified atom stereocenters. The van der Waals surface area contributed by atoms with Crippen LogP contribution in [0.5, 0.6) is 0 Å². The molecule has 0 spiro atoms. The van der Waals surface area contributed by atoms with E-state index >= 15 is 0 Å². The lowest BCUT2D eigenvalue weighted by Crippen LogP contribution is -2.39. The van der Waals surface area contributed by atoms with Gasteiger partial charge in [0.05, 0.1) is 12.6 Å². The van der Waals surface area contributed by atoms with Crippen molar-refractivity contribution in [1.82, 2.24) is 4.90 Å². The van der Waals surface area contributed by atoms with Gasteiger partial charge in [-0.1, -0.05) is 30.3 Å². The molecule has 0 aromatic heterocycles. The van der Waals surface area contributed by atoms with Gasteiger partial charge in [0.15, 0.2) is 0 Å². The summed E-state index contributed by atoms with van der Waals surface area (Å²) in [5, 5.41) is 9.06. The normalized spacial score (nSPS) is 22.5. The van der Waals surface area contributed by atoms with Crippen LogP contribution >= 0.6 is 0 Å². The van der Waals surface area contributed by atoms with E-state index in [-0.39, 0.29) is 6.54 Å². The van der Waals surface area contributed by atoms with Crippen molar-refractivity contribution < 1.29 is 18.7 Å². The number of likely N-dealkylation sites (tertiary alicyclic amines) is 1. The number of carbonyl (C=O) groups excluding carboxylic acids is 1. The van der Waals surface area contributed by atoms with Gasteiger partial charge < -0.3 is 10.0 Å². The third-order valence-corrected chi connectivity index (χ3v) is 3.20. The number of benzene rings is 1. The van der Waals surface area contributed by atoms with E-state index in [1.54, 1.807) is 0 Å². The lowest BCUT2D eigenvalue weighted by Gasteiger charge is -2.22. The van der Waals surface area contributed by atoms with Crippen molar-refractivity contribution in [3.05, 3.63) is 35.9 Å².